The highest BCUT2D eigenvalue weighted by Gasteiger charge is 2.18. The highest BCUT2D eigenvalue weighted by atomic mass is 32.2. The van der Waals surface area contributed by atoms with Crippen LogP contribution in [-0.2, 0) is 10.0 Å². The number of carbonyl (C=O) groups is 2. The molecule has 0 aromatic heterocycles. The van der Waals surface area contributed by atoms with Gasteiger partial charge in [-0.05, 0) is 42.8 Å². The molecule has 0 saturated carbocycles. The second-order valence-electron chi connectivity index (χ2n) is 6.11. The van der Waals surface area contributed by atoms with Crippen molar-refractivity contribution in [2.75, 3.05) is 26.0 Å². The standard InChI is InChI=1S/C19H23N3O5S/c1-4-12-20-19(24)21-15-6-5-7-16(13-15)27-18(23)14-8-10-17(11-9-14)28(25,26)22(2)3/h5-11,13H,4,12H2,1-3H3,(H2,20,21,24). The van der Waals surface area contributed by atoms with Crippen LogP contribution in [0.15, 0.2) is 53.4 Å². The van der Waals surface area contributed by atoms with Gasteiger partial charge in [0.25, 0.3) is 0 Å². The maximum absolute atomic E-state index is 12.3. The van der Waals surface area contributed by atoms with E-state index in [0.717, 1.165) is 10.7 Å². The fourth-order valence-corrected chi connectivity index (χ4v) is 3.09. The lowest BCUT2D eigenvalue weighted by atomic mass is 10.2. The van der Waals surface area contributed by atoms with Gasteiger partial charge >= 0.3 is 12.0 Å². The summed E-state index contributed by atoms with van der Waals surface area (Å²) in [6, 6.07) is 11.5. The van der Waals surface area contributed by atoms with E-state index in [9.17, 15) is 18.0 Å². The smallest absolute Gasteiger partial charge is 0.343 e. The third kappa shape index (κ3) is 5.54. The number of urea groups is 1. The number of amides is 2. The quantitative estimate of drug-likeness (QED) is 0.544. The van der Waals surface area contributed by atoms with Gasteiger partial charge in [-0.3, -0.25) is 0 Å². The molecule has 0 heterocycles. The lowest BCUT2D eigenvalue weighted by Gasteiger charge is -2.12. The van der Waals surface area contributed by atoms with E-state index in [1.165, 1.54) is 44.4 Å². The first-order valence-electron chi connectivity index (χ1n) is 8.63. The molecule has 9 heteroatoms. The molecule has 2 rings (SSSR count). The van der Waals surface area contributed by atoms with Crippen molar-refractivity contribution in [3.8, 4) is 5.75 Å². The topological polar surface area (TPSA) is 105 Å². The van der Waals surface area contributed by atoms with Crippen LogP contribution in [0.4, 0.5) is 10.5 Å². The molecule has 0 spiro atoms. The second kappa shape index (κ2) is 9.34. The number of anilines is 1. The Morgan fingerprint density at radius 1 is 1.07 bits per heavy atom. The third-order valence-corrected chi connectivity index (χ3v) is 5.54. The maximum Gasteiger partial charge on any atom is 0.343 e. The minimum absolute atomic E-state index is 0.0818. The zero-order valence-electron chi connectivity index (χ0n) is 15.9. The SMILES string of the molecule is CCCNC(=O)Nc1cccc(OC(=O)c2ccc(S(=O)(=O)N(C)C)cc2)c1. The highest BCUT2D eigenvalue weighted by molar-refractivity contribution is 7.89. The molecule has 0 saturated heterocycles. The van der Waals surface area contributed by atoms with Crippen LogP contribution in [0, 0.1) is 0 Å². The Balaban J connectivity index is 2.07. The molecule has 0 fully saturated rings. The molecule has 0 aliphatic rings. The third-order valence-electron chi connectivity index (χ3n) is 3.71. The summed E-state index contributed by atoms with van der Waals surface area (Å²) in [6.07, 6.45) is 0.819. The summed E-state index contributed by atoms with van der Waals surface area (Å²) >= 11 is 0. The van der Waals surface area contributed by atoms with Gasteiger partial charge in [0.15, 0.2) is 0 Å². The van der Waals surface area contributed by atoms with Gasteiger partial charge in [0.1, 0.15) is 5.75 Å². The van der Waals surface area contributed by atoms with Crippen molar-refractivity contribution < 1.29 is 22.7 Å². The van der Waals surface area contributed by atoms with Gasteiger partial charge in [-0.25, -0.2) is 22.3 Å². The summed E-state index contributed by atoms with van der Waals surface area (Å²) < 4.78 is 30.5. The van der Waals surface area contributed by atoms with Crippen LogP contribution >= 0.6 is 0 Å². The van der Waals surface area contributed by atoms with Gasteiger partial charge in [-0.2, -0.15) is 0 Å². The largest absolute Gasteiger partial charge is 0.423 e. The molecule has 8 nitrogen and oxygen atoms in total. The zero-order valence-corrected chi connectivity index (χ0v) is 16.7. The number of benzene rings is 2. The van der Waals surface area contributed by atoms with Gasteiger partial charge in [-0.1, -0.05) is 13.0 Å². The molecular formula is C19H23N3O5S. The Kier molecular flexibility index (Phi) is 7.13. The lowest BCUT2D eigenvalue weighted by molar-refractivity contribution is 0.0735. The molecule has 2 amide bonds. The molecule has 0 bridgehead atoms. The van der Waals surface area contributed by atoms with Crippen LogP contribution in [0.1, 0.15) is 23.7 Å². The highest BCUT2D eigenvalue weighted by Crippen LogP contribution is 2.20. The van der Waals surface area contributed by atoms with Gasteiger partial charge in [0.2, 0.25) is 10.0 Å². The van der Waals surface area contributed by atoms with E-state index in [1.54, 1.807) is 18.2 Å². The van der Waals surface area contributed by atoms with Gasteiger partial charge in [0, 0.05) is 32.4 Å². The molecule has 0 unspecified atom stereocenters. The van der Waals surface area contributed by atoms with Crippen LogP contribution in [0.5, 0.6) is 5.75 Å². The van der Waals surface area contributed by atoms with Crippen LogP contribution in [-0.4, -0.2) is 45.4 Å². The Bertz CT molecular complexity index is 940. The van der Waals surface area contributed by atoms with Crippen LogP contribution < -0.4 is 15.4 Å². The first kappa shape index (κ1) is 21.4. The van der Waals surface area contributed by atoms with Crippen LogP contribution in [0.3, 0.4) is 0 Å². The summed E-state index contributed by atoms with van der Waals surface area (Å²) in [4.78, 5) is 24.1. The number of esters is 1. The van der Waals surface area contributed by atoms with E-state index >= 15 is 0 Å². The van der Waals surface area contributed by atoms with E-state index in [2.05, 4.69) is 10.6 Å². The number of carbonyl (C=O) groups excluding carboxylic acids is 2. The molecule has 0 aliphatic heterocycles. The molecule has 0 atom stereocenters. The van der Waals surface area contributed by atoms with Crippen molar-refractivity contribution in [1.82, 2.24) is 9.62 Å². The average molecular weight is 405 g/mol. The predicted molar refractivity (Wildman–Crippen MR) is 106 cm³/mol. The Labute approximate surface area is 164 Å². The zero-order chi connectivity index (χ0) is 20.7. The number of nitrogens with one attached hydrogen (secondary N) is 2. The van der Waals surface area contributed by atoms with Crippen LogP contribution in [0.2, 0.25) is 0 Å². The maximum atomic E-state index is 12.3. The van der Waals surface area contributed by atoms with E-state index < -0.39 is 16.0 Å². The number of nitrogens with zero attached hydrogens (tertiary/aromatic N) is 1. The molecule has 150 valence electrons. The number of rotatable bonds is 7. The molecule has 0 radical (unpaired) electrons. The minimum Gasteiger partial charge on any atom is -0.423 e. The first-order valence-corrected chi connectivity index (χ1v) is 10.1. The molecular weight excluding hydrogens is 382 g/mol. The van der Waals surface area contributed by atoms with E-state index in [1.807, 2.05) is 6.92 Å². The monoisotopic (exact) mass is 405 g/mol. The van der Waals surface area contributed by atoms with Gasteiger partial charge < -0.3 is 15.4 Å². The predicted octanol–water partition coefficient (Wildman–Crippen LogP) is 2.69. The Morgan fingerprint density at radius 3 is 2.36 bits per heavy atom. The molecule has 2 aromatic carbocycles. The summed E-state index contributed by atoms with van der Waals surface area (Å²) in [5.41, 5.74) is 0.683. The van der Waals surface area contributed by atoms with Gasteiger partial charge in [0.05, 0.1) is 10.5 Å². The second-order valence-corrected chi connectivity index (χ2v) is 8.26. The Morgan fingerprint density at radius 2 is 1.75 bits per heavy atom. The summed E-state index contributed by atoms with van der Waals surface area (Å²) in [7, 11) is -0.704. The summed E-state index contributed by atoms with van der Waals surface area (Å²) in [6.45, 7) is 2.50. The molecule has 0 aliphatic carbocycles. The van der Waals surface area contributed by atoms with Gasteiger partial charge in [-0.15, -0.1) is 0 Å². The number of sulfonamides is 1. The fourth-order valence-electron chi connectivity index (χ4n) is 2.19. The van der Waals surface area contributed by atoms with Crippen molar-refractivity contribution in [1.29, 1.82) is 0 Å². The van der Waals surface area contributed by atoms with Crippen LogP contribution in [0.25, 0.3) is 0 Å². The minimum atomic E-state index is -3.57. The normalized spacial score (nSPS) is 11.1. The number of hydrogen-bond acceptors (Lipinski definition) is 5. The molecule has 28 heavy (non-hydrogen) atoms. The molecule has 2 aromatic rings. The van der Waals surface area contributed by atoms with Crippen molar-refractivity contribution in [3.63, 3.8) is 0 Å². The molecule has 2 N–H and O–H groups in total. The average Bonchev–Trinajstić information content (AvgIpc) is 2.66. The van der Waals surface area contributed by atoms with E-state index in [0.29, 0.717) is 12.2 Å². The number of hydrogen-bond donors (Lipinski definition) is 2. The van der Waals surface area contributed by atoms with E-state index in [4.69, 9.17) is 4.74 Å². The van der Waals surface area contributed by atoms with Crippen molar-refractivity contribution >= 4 is 27.7 Å². The van der Waals surface area contributed by atoms with E-state index in [-0.39, 0.29) is 22.2 Å². The van der Waals surface area contributed by atoms with Crippen molar-refractivity contribution in [3.05, 3.63) is 54.1 Å². The summed E-state index contributed by atoms with van der Waals surface area (Å²) in [5, 5.41) is 5.33. The number of ether oxygens (including phenoxy) is 1. The summed E-state index contributed by atoms with van der Waals surface area (Å²) in [5.74, 6) is -0.385. The van der Waals surface area contributed by atoms with Crippen molar-refractivity contribution in [2.24, 2.45) is 0 Å². The lowest BCUT2D eigenvalue weighted by Crippen LogP contribution is -2.29. The Hall–Kier alpha value is -2.91. The first-order chi connectivity index (χ1) is 13.2. The van der Waals surface area contributed by atoms with Crippen molar-refractivity contribution in [2.45, 2.75) is 18.2 Å². The fraction of sp³-hybridized carbons (Fsp3) is 0.263.